The van der Waals surface area contributed by atoms with Crippen molar-refractivity contribution in [2.24, 2.45) is 7.05 Å². The number of aryl methyl sites for hydroxylation is 1. The van der Waals surface area contributed by atoms with Crippen molar-refractivity contribution in [2.45, 2.75) is 13.0 Å². The van der Waals surface area contributed by atoms with Gasteiger partial charge >= 0.3 is 0 Å². The highest BCUT2D eigenvalue weighted by molar-refractivity contribution is 5.93. The van der Waals surface area contributed by atoms with Crippen molar-refractivity contribution in [3.8, 4) is 17.0 Å². The molecule has 0 unspecified atom stereocenters. The molecule has 2 aromatic carbocycles. The maximum Gasteiger partial charge on any atom is 0.274 e. The summed E-state index contributed by atoms with van der Waals surface area (Å²) in [6.45, 7) is 1.23. The summed E-state index contributed by atoms with van der Waals surface area (Å²) in [7, 11) is 3.27. The number of aromatic nitrogens is 2. The summed E-state index contributed by atoms with van der Waals surface area (Å²) in [5, 5.41) is 4.37. The van der Waals surface area contributed by atoms with E-state index in [-0.39, 0.29) is 11.7 Å². The van der Waals surface area contributed by atoms with Gasteiger partial charge in [0.2, 0.25) is 0 Å². The van der Waals surface area contributed by atoms with E-state index in [0.717, 1.165) is 6.42 Å². The molecule has 138 valence electrons. The highest BCUT2D eigenvalue weighted by atomic mass is 19.1. The van der Waals surface area contributed by atoms with Crippen molar-refractivity contribution < 1.29 is 13.9 Å². The van der Waals surface area contributed by atoms with E-state index in [9.17, 15) is 9.18 Å². The Morgan fingerprint density at radius 3 is 2.70 bits per heavy atom. The van der Waals surface area contributed by atoms with Gasteiger partial charge < -0.3 is 9.64 Å². The molecule has 3 aromatic rings. The summed E-state index contributed by atoms with van der Waals surface area (Å²) in [4.78, 5) is 14.8. The Bertz CT molecular complexity index is 1010. The predicted molar refractivity (Wildman–Crippen MR) is 100 cm³/mol. The average Bonchev–Trinajstić information content (AvgIpc) is 3.08. The number of rotatable bonds is 3. The topological polar surface area (TPSA) is 47.4 Å². The molecule has 4 rings (SSSR count). The van der Waals surface area contributed by atoms with E-state index in [1.54, 1.807) is 28.8 Å². The summed E-state index contributed by atoms with van der Waals surface area (Å²) in [6, 6.07) is 14.2. The van der Waals surface area contributed by atoms with Crippen LogP contribution in [0.15, 0.2) is 48.5 Å². The first-order valence-corrected chi connectivity index (χ1v) is 8.81. The number of hydrogen-bond donors (Lipinski definition) is 0. The van der Waals surface area contributed by atoms with Gasteiger partial charge in [-0.25, -0.2) is 4.39 Å². The third kappa shape index (κ3) is 3.18. The molecule has 0 radical (unpaired) electrons. The van der Waals surface area contributed by atoms with Crippen LogP contribution in [0.25, 0.3) is 11.3 Å². The van der Waals surface area contributed by atoms with Gasteiger partial charge in [0.15, 0.2) is 5.69 Å². The summed E-state index contributed by atoms with van der Waals surface area (Å²) < 4.78 is 20.7. The van der Waals surface area contributed by atoms with Gasteiger partial charge in [0.05, 0.1) is 12.8 Å². The Balaban J connectivity index is 1.64. The number of halogens is 1. The van der Waals surface area contributed by atoms with Gasteiger partial charge in [-0.15, -0.1) is 0 Å². The molecule has 1 aliphatic heterocycles. The second-order valence-corrected chi connectivity index (χ2v) is 6.63. The van der Waals surface area contributed by atoms with Gasteiger partial charge in [0, 0.05) is 25.7 Å². The number of benzene rings is 2. The van der Waals surface area contributed by atoms with Crippen molar-refractivity contribution in [3.05, 3.63) is 71.2 Å². The van der Waals surface area contributed by atoms with Crippen molar-refractivity contribution in [3.63, 3.8) is 0 Å². The zero-order valence-electron chi connectivity index (χ0n) is 15.3. The summed E-state index contributed by atoms with van der Waals surface area (Å²) in [5.74, 6) is 0.0412. The van der Waals surface area contributed by atoms with Crippen LogP contribution in [-0.2, 0) is 20.0 Å². The van der Waals surface area contributed by atoms with Crippen LogP contribution in [0, 0.1) is 5.82 Å². The van der Waals surface area contributed by atoms with E-state index in [1.165, 1.54) is 30.4 Å². The Morgan fingerprint density at radius 2 is 1.93 bits per heavy atom. The van der Waals surface area contributed by atoms with Crippen LogP contribution in [0.1, 0.15) is 21.6 Å². The fourth-order valence-electron chi connectivity index (χ4n) is 3.54. The molecule has 0 N–H and O–H groups in total. The second kappa shape index (κ2) is 6.87. The smallest absolute Gasteiger partial charge is 0.274 e. The first kappa shape index (κ1) is 17.3. The third-order valence-electron chi connectivity index (χ3n) is 4.95. The molecule has 1 amide bonds. The lowest BCUT2D eigenvalue weighted by Crippen LogP contribution is -2.36. The van der Waals surface area contributed by atoms with Crippen LogP contribution in [0.3, 0.4) is 0 Å². The van der Waals surface area contributed by atoms with E-state index in [2.05, 4.69) is 17.2 Å². The van der Waals surface area contributed by atoms with Gasteiger partial charge in [-0.2, -0.15) is 5.10 Å². The van der Waals surface area contributed by atoms with Crippen LogP contribution < -0.4 is 4.74 Å². The molecule has 0 bridgehead atoms. The number of hydrogen-bond acceptors (Lipinski definition) is 3. The van der Waals surface area contributed by atoms with Gasteiger partial charge in [0.25, 0.3) is 5.91 Å². The standard InChI is InChI=1S/C21H20FN3O2/c1-24-19(17-11-16(22)7-8-20(17)27-2)12-18(23-24)21(26)25-10-9-14-5-3-4-6-15(14)13-25/h3-8,11-12H,9-10,13H2,1-2H3. The normalized spacial score (nSPS) is 13.4. The summed E-state index contributed by atoms with van der Waals surface area (Å²) in [5.41, 5.74) is 3.99. The number of nitrogens with zero attached hydrogens (tertiary/aromatic N) is 3. The monoisotopic (exact) mass is 365 g/mol. The van der Waals surface area contributed by atoms with Crippen molar-refractivity contribution in [1.29, 1.82) is 0 Å². The van der Waals surface area contributed by atoms with Crippen LogP contribution in [-0.4, -0.2) is 34.2 Å². The molecule has 0 spiro atoms. The molecule has 2 heterocycles. The number of carbonyl (C=O) groups excluding carboxylic acids is 1. The molecule has 1 aromatic heterocycles. The SMILES string of the molecule is COc1ccc(F)cc1-c1cc(C(=O)N2CCc3ccccc3C2)nn1C. The molecule has 6 heteroatoms. The zero-order chi connectivity index (χ0) is 19.0. The molecule has 27 heavy (non-hydrogen) atoms. The molecular formula is C21H20FN3O2. The number of amides is 1. The molecule has 0 atom stereocenters. The van der Waals surface area contributed by atoms with E-state index >= 15 is 0 Å². The highest BCUT2D eigenvalue weighted by Gasteiger charge is 2.25. The maximum atomic E-state index is 13.7. The first-order chi connectivity index (χ1) is 13.1. The van der Waals surface area contributed by atoms with Gasteiger partial charge in [0.1, 0.15) is 11.6 Å². The Hall–Kier alpha value is -3.15. The zero-order valence-corrected chi connectivity index (χ0v) is 15.3. The Labute approximate surface area is 157 Å². The van der Waals surface area contributed by atoms with Crippen molar-refractivity contribution in [2.75, 3.05) is 13.7 Å². The summed E-state index contributed by atoms with van der Waals surface area (Å²) >= 11 is 0. The molecule has 1 aliphatic rings. The first-order valence-electron chi connectivity index (χ1n) is 8.81. The Kier molecular flexibility index (Phi) is 4.39. The molecule has 0 aliphatic carbocycles. The minimum Gasteiger partial charge on any atom is -0.496 e. The molecule has 0 saturated carbocycles. The molecular weight excluding hydrogens is 345 g/mol. The van der Waals surface area contributed by atoms with Crippen LogP contribution in [0.5, 0.6) is 5.75 Å². The minimum absolute atomic E-state index is 0.123. The van der Waals surface area contributed by atoms with Crippen LogP contribution in [0.4, 0.5) is 4.39 Å². The number of carbonyl (C=O) groups is 1. The fourth-order valence-corrected chi connectivity index (χ4v) is 3.54. The average molecular weight is 365 g/mol. The molecule has 0 saturated heterocycles. The molecule has 0 fully saturated rings. The van der Waals surface area contributed by atoms with Crippen molar-refractivity contribution >= 4 is 5.91 Å². The van der Waals surface area contributed by atoms with Gasteiger partial charge in [-0.05, 0) is 41.8 Å². The third-order valence-corrected chi connectivity index (χ3v) is 4.95. The fraction of sp³-hybridized carbons (Fsp3) is 0.238. The molecule has 5 nitrogen and oxygen atoms in total. The largest absolute Gasteiger partial charge is 0.496 e. The number of ether oxygens (including phenoxy) is 1. The lowest BCUT2D eigenvalue weighted by Gasteiger charge is -2.28. The lowest BCUT2D eigenvalue weighted by atomic mass is 10.00. The lowest BCUT2D eigenvalue weighted by molar-refractivity contribution is 0.0728. The van der Waals surface area contributed by atoms with Crippen LogP contribution in [0.2, 0.25) is 0 Å². The quantitative estimate of drug-likeness (QED) is 0.714. The Morgan fingerprint density at radius 1 is 1.15 bits per heavy atom. The predicted octanol–water partition coefficient (Wildman–Crippen LogP) is 3.43. The van der Waals surface area contributed by atoms with E-state index in [0.29, 0.717) is 35.8 Å². The highest BCUT2D eigenvalue weighted by Crippen LogP contribution is 2.31. The van der Waals surface area contributed by atoms with E-state index in [4.69, 9.17) is 4.74 Å². The van der Waals surface area contributed by atoms with Gasteiger partial charge in [-0.3, -0.25) is 9.48 Å². The maximum absolute atomic E-state index is 13.7. The summed E-state index contributed by atoms with van der Waals surface area (Å²) in [6.07, 6.45) is 0.833. The van der Waals surface area contributed by atoms with Gasteiger partial charge in [-0.1, -0.05) is 24.3 Å². The minimum atomic E-state index is -0.368. The van der Waals surface area contributed by atoms with E-state index in [1.807, 2.05) is 12.1 Å². The number of methoxy groups -OCH3 is 1. The van der Waals surface area contributed by atoms with E-state index < -0.39 is 0 Å². The van der Waals surface area contributed by atoms with Crippen molar-refractivity contribution in [1.82, 2.24) is 14.7 Å². The second-order valence-electron chi connectivity index (χ2n) is 6.63. The van der Waals surface area contributed by atoms with Crippen LogP contribution >= 0.6 is 0 Å². The number of fused-ring (bicyclic) bond motifs is 1.